The van der Waals surface area contributed by atoms with Gasteiger partial charge in [0.05, 0.1) is 18.5 Å². The molecule has 0 aliphatic carbocycles. The molecule has 0 bridgehead atoms. The summed E-state index contributed by atoms with van der Waals surface area (Å²) < 4.78 is 5.20. The summed E-state index contributed by atoms with van der Waals surface area (Å²) in [5, 5.41) is 3.29. The summed E-state index contributed by atoms with van der Waals surface area (Å²) >= 11 is 0. The number of hydrogen-bond donors (Lipinski definition) is 1. The first-order valence-corrected chi connectivity index (χ1v) is 9.42. The highest BCUT2D eigenvalue weighted by atomic mass is 16.5. The summed E-state index contributed by atoms with van der Waals surface area (Å²) in [7, 11) is 1.64. The molecule has 0 saturated carbocycles. The van der Waals surface area contributed by atoms with Crippen LogP contribution in [0.25, 0.3) is 6.08 Å². The summed E-state index contributed by atoms with van der Waals surface area (Å²) in [6, 6.07) is 15.6. The van der Waals surface area contributed by atoms with Gasteiger partial charge in [-0.25, -0.2) is 0 Å². The number of methoxy groups -OCH3 is 1. The fourth-order valence-electron chi connectivity index (χ4n) is 3.24. The second-order valence-corrected chi connectivity index (χ2v) is 6.46. The van der Waals surface area contributed by atoms with E-state index in [0.29, 0.717) is 12.2 Å². The Labute approximate surface area is 161 Å². The van der Waals surface area contributed by atoms with Gasteiger partial charge in [-0.15, -0.1) is 0 Å². The smallest absolute Gasteiger partial charge is 0.274 e. The van der Waals surface area contributed by atoms with E-state index in [4.69, 9.17) is 4.74 Å². The number of hydrogen-bond acceptors (Lipinski definition) is 4. The second kappa shape index (κ2) is 8.73. The van der Waals surface area contributed by atoms with Gasteiger partial charge in [0, 0.05) is 13.1 Å². The van der Waals surface area contributed by atoms with E-state index in [0.717, 1.165) is 42.3 Å². The monoisotopic (exact) mass is 365 g/mol. The lowest BCUT2D eigenvalue weighted by molar-refractivity contribution is -0.115. The Kier molecular flexibility index (Phi) is 6.14. The summed E-state index contributed by atoms with van der Waals surface area (Å²) in [6.45, 7) is 7.76. The number of ether oxygens (including phenoxy) is 1. The lowest BCUT2D eigenvalue weighted by Crippen LogP contribution is -2.43. The van der Waals surface area contributed by atoms with Crippen LogP contribution in [0.5, 0.6) is 5.75 Å². The number of carbonyl (C=O) groups is 1. The molecule has 1 N–H and O–H groups in total. The van der Waals surface area contributed by atoms with E-state index in [2.05, 4.69) is 24.1 Å². The van der Waals surface area contributed by atoms with Crippen LogP contribution in [0.2, 0.25) is 0 Å². The zero-order valence-electron chi connectivity index (χ0n) is 16.2. The Balaban J connectivity index is 1.88. The van der Waals surface area contributed by atoms with Crippen LogP contribution in [0.1, 0.15) is 19.4 Å². The van der Waals surface area contributed by atoms with Crippen molar-refractivity contribution in [3.05, 3.63) is 59.8 Å². The van der Waals surface area contributed by atoms with Gasteiger partial charge in [-0.3, -0.25) is 4.79 Å². The van der Waals surface area contributed by atoms with Crippen LogP contribution >= 0.6 is 0 Å². The minimum atomic E-state index is -0.00308. The van der Waals surface area contributed by atoms with Crippen LogP contribution in [0.4, 0.5) is 11.4 Å². The molecule has 2 aromatic rings. The number of fused-ring (bicyclic) bond motifs is 1. The number of likely N-dealkylation sites (N-methyl/N-ethyl adjacent to an activating group) is 1. The molecule has 1 heterocycles. The summed E-state index contributed by atoms with van der Waals surface area (Å²) in [6.07, 6.45) is 1.89. The number of rotatable bonds is 7. The molecule has 0 unspecified atom stereocenters. The summed E-state index contributed by atoms with van der Waals surface area (Å²) in [5.41, 5.74) is 3.42. The number of anilines is 2. The molecule has 0 fully saturated rings. The molecule has 0 atom stereocenters. The Morgan fingerprint density at radius 1 is 1.07 bits per heavy atom. The third-order valence-corrected chi connectivity index (χ3v) is 4.90. The maximum atomic E-state index is 13.2. The average molecular weight is 365 g/mol. The molecule has 0 aromatic heterocycles. The van der Waals surface area contributed by atoms with Crippen molar-refractivity contribution in [1.82, 2.24) is 4.90 Å². The highest BCUT2D eigenvalue weighted by molar-refractivity contribution is 6.15. The van der Waals surface area contributed by atoms with Gasteiger partial charge in [0.1, 0.15) is 11.4 Å². The largest absolute Gasteiger partial charge is 0.497 e. The molecule has 1 amide bonds. The van der Waals surface area contributed by atoms with Gasteiger partial charge in [0.25, 0.3) is 5.91 Å². The van der Waals surface area contributed by atoms with Crippen LogP contribution in [0.15, 0.2) is 54.2 Å². The maximum Gasteiger partial charge on any atom is 0.274 e. The third kappa shape index (κ3) is 4.31. The quantitative estimate of drug-likeness (QED) is 0.758. The van der Waals surface area contributed by atoms with Gasteiger partial charge >= 0.3 is 0 Å². The van der Waals surface area contributed by atoms with Crippen molar-refractivity contribution >= 4 is 23.4 Å². The van der Waals surface area contributed by atoms with Gasteiger partial charge in [0.2, 0.25) is 0 Å². The predicted molar refractivity (Wildman–Crippen MR) is 111 cm³/mol. The lowest BCUT2D eigenvalue weighted by Gasteiger charge is -2.33. The third-order valence-electron chi connectivity index (χ3n) is 4.90. The van der Waals surface area contributed by atoms with Gasteiger partial charge in [0.15, 0.2) is 0 Å². The lowest BCUT2D eigenvalue weighted by atomic mass is 10.1. The standard InChI is InChI=1S/C22H27N3O2/c1-4-24(5-2)14-15-25-21-9-7-6-8-19(21)23-20(22(25)26)16-17-10-12-18(27-3)13-11-17/h6-13,16,23H,4-5,14-15H2,1-3H3/b20-16-. The molecular formula is C22H27N3O2. The molecule has 1 aliphatic rings. The van der Waals surface area contributed by atoms with E-state index in [1.165, 1.54) is 0 Å². The molecule has 5 nitrogen and oxygen atoms in total. The van der Waals surface area contributed by atoms with Crippen LogP contribution in [0.3, 0.4) is 0 Å². The van der Waals surface area contributed by atoms with Crippen molar-refractivity contribution in [2.24, 2.45) is 0 Å². The van der Waals surface area contributed by atoms with Gasteiger partial charge in [-0.1, -0.05) is 38.1 Å². The Morgan fingerprint density at radius 3 is 2.44 bits per heavy atom. The van der Waals surface area contributed by atoms with Gasteiger partial charge < -0.3 is 19.9 Å². The van der Waals surface area contributed by atoms with Crippen molar-refractivity contribution < 1.29 is 9.53 Å². The fourth-order valence-corrected chi connectivity index (χ4v) is 3.24. The van der Waals surface area contributed by atoms with Crippen LogP contribution in [0, 0.1) is 0 Å². The first kappa shape index (κ1) is 19.0. The Morgan fingerprint density at radius 2 is 1.78 bits per heavy atom. The topological polar surface area (TPSA) is 44.8 Å². The van der Waals surface area contributed by atoms with E-state index >= 15 is 0 Å². The van der Waals surface area contributed by atoms with Crippen molar-refractivity contribution in [3.8, 4) is 5.75 Å². The predicted octanol–water partition coefficient (Wildman–Crippen LogP) is 3.84. The molecular weight excluding hydrogens is 338 g/mol. The zero-order chi connectivity index (χ0) is 19.2. The molecule has 0 saturated heterocycles. The zero-order valence-corrected chi connectivity index (χ0v) is 16.2. The minimum absolute atomic E-state index is 0.00308. The number of carbonyl (C=O) groups excluding carboxylic acids is 1. The Bertz CT molecular complexity index is 811. The van der Waals surface area contributed by atoms with Crippen molar-refractivity contribution in [3.63, 3.8) is 0 Å². The van der Waals surface area contributed by atoms with E-state index in [1.807, 2.05) is 59.5 Å². The van der Waals surface area contributed by atoms with Crippen LogP contribution < -0.4 is 15.0 Å². The van der Waals surface area contributed by atoms with E-state index < -0.39 is 0 Å². The normalized spacial score (nSPS) is 15.0. The highest BCUT2D eigenvalue weighted by Crippen LogP contribution is 2.33. The van der Waals surface area contributed by atoms with Crippen LogP contribution in [-0.4, -0.2) is 44.1 Å². The number of nitrogens with zero attached hydrogens (tertiary/aromatic N) is 2. The molecule has 5 heteroatoms. The molecule has 3 rings (SSSR count). The first-order chi connectivity index (χ1) is 13.2. The number of para-hydroxylation sites is 2. The fraction of sp³-hybridized carbons (Fsp3) is 0.318. The van der Waals surface area contributed by atoms with E-state index in [9.17, 15) is 4.79 Å². The molecule has 2 aromatic carbocycles. The van der Waals surface area contributed by atoms with Gasteiger partial charge in [-0.2, -0.15) is 0 Å². The number of amides is 1. The highest BCUT2D eigenvalue weighted by Gasteiger charge is 2.27. The first-order valence-electron chi connectivity index (χ1n) is 9.42. The second-order valence-electron chi connectivity index (χ2n) is 6.46. The number of benzene rings is 2. The number of nitrogens with one attached hydrogen (secondary N) is 1. The molecule has 0 spiro atoms. The van der Waals surface area contributed by atoms with Crippen molar-refractivity contribution in [1.29, 1.82) is 0 Å². The molecule has 142 valence electrons. The summed E-state index contributed by atoms with van der Waals surface area (Å²) in [5.74, 6) is 0.794. The summed E-state index contributed by atoms with van der Waals surface area (Å²) in [4.78, 5) is 17.4. The van der Waals surface area contributed by atoms with E-state index in [-0.39, 0.29) is 5.91 Å². The molecule has 1 aliphatic heterocycles. The minimum Gasteiger partial charge on any atom is -0.497 e. The van der Waals surface area contributed by atoms with Crippen molar-refractivity contribution in [2.45, 2.75) is 13.8 Å². The van der Waals surface area contributed by atoms with E-state index in [1.54, 1.807) is 7.11 Å². The van der Waals surface area contributed by atoms with Crippen LogP contribution in [-0.2, 0) is 4.79 Å². The molecule has 27 heavy (non-hydrogen) atoms. The average Bonchev–Trinajstić information content (AvgIpc) is 2.71. The Hall–Kier alpha value is -2.79. The molecule has 0 radical (unpaired) electrons. The SMILES string of the molecule is CCN(CC)CCN1C(=O)/C(=C/c2ccc(OC)cc2)Nc2ccccc21. The van der Waals surface area contributed by atoms with Gasteiger partial charge in [-0.05, 0) is 49.0 Å². The van der Waals surface area contributed by atoms with Crippen molar-refractivity contribution in [2.75, 3.05) is 43.5 Å². The maximum absolute atomic E-state index is 13.2.